The van der Waals surface area contributed by atoms with Gasteiger partial charge in [0.05, 0.1) is 18.9 Å². The van der Waals surface area contributed by atoms with Crippen molar-refractivity contribution in [1.29, 1.82) is 0 Å². The topological polar surface area (TPSA) is 45.4 Å². The number of furan rings is 1. The molecule has 3 nitrogen and oxygen atoms in total. The van der Waals surface area contributed by atoms with Crippen LogP contribution in [0.25, 0.3) is 0 Å². The first-order chi connectivity index (χ1) is 9.29. The fourth-order valence-corrected chi connectivity index (χ4v) is 2.18. The summed E-state index contributed by atoms with van der Waals surface area (Å²) in [5, 5.41) is 13.0. The molecule has 0 fully saturated rings. The van der Waals surface area contributed by atoms with E-state index in [9.17, 15) is 5.11 Å². The Morgan fingerprint density at radius 2 is 1.95 bits per heavy atom. The predicted molar refractivity (Wildman–Crippen MR) is 75.9 cm³/mol. The maximum Gasteiger partial charge on any atom is 0.103 e. The van der Waals surface area contributed by atoms with Crippen LogP contribution >= 0.6 is 0 Å². The zero-order valence-electron chi connectivity index (χ0n) is 11.3. The standard InChI is InChI=1S/C16H21NO2/c1-13(9-10-15-8-5-11-19-15)17-16(12-18)14-6-3-2-4-7-14/h2-8,11,13,16-18H,9-10,12H2,1H3. The number of aryl methyl sites for hydroxylation is 1. The fourth-order valence-electron chi connectivity index (χ4n) is 2.18. The number of benzene rings is 1. The Balaban J connectivity index is 1.84. The van der Waals surface area contributed by atoms with Crippen LogP contribution < -0.4 is 5.32 Å². The summed E-state index contributed by atoms with van der Waals surface area (Å²) < 4.78 is 5.32. The summed E-state index contributed by atoms with van der Waals surface area (Å²) in [5.74, 6) is 1.01. The number of nitrogens with one attached hydrogen (secondary N) is 1. The average Bonchev–Trinajstić information content (AvgIpc) is 2.97. The van der Waals surface area contributed by atoms with Gasteiger partial charge < -0.3 is 14.8 Å². The zero-order valence-corrected chi connectivity index (χ0v) is 11.3. The van der Waals surface area contributed by atoms with Crippen LogP contribution in [-0.4, -0.2) is 17.8 Å². The van der Waals surface area contributed by atoms with Gasteiger partial charge in [-0.25, -0.2) is 0 Å². The summed E-state index contributed by atoms with van der Waals surface area (Å²) in [6, 6.07) is 14.3. The van der Waals surface area contributed by atoms with Gasteiger partial charge in [0, 0.05) is 12.5 Å². The lowest BCUT2D eigenvalue weighted by Crippen LogP contribution is -2.33. The van der Waals surface area contributed by atoms with Crippen molar-refractivity contribution in [3.05, 3.63) is 60.1 Å². The third kappa shape index (κ3) is 4.23. The minimum absolute atomic E-state index is 0.00667. The van der Waals surface area contributed by atoms with E-state index >= 15 is 0 Å². The molecule has 0 aliphatic carbocycles. The number of hydrogen-bond donors (Lipinski definition) is 2. The third-order valence-electron chi connectivity index (χ3n) is 3.27. The molecule has 102 valence electrons. The molecule has 2 rings (SSSR count). The Hall–Kier alpha value is -1.58. The third-order valence-corrected chi connectivity index (χ3v) is 3.27. The van der Waals surface area contributed by atoms with Gasteiger partial charge in [-0.05, 0) is 31.0 Å². The lowest BCUT2D eigenvalue weighted by Gasteiger charge is -2.21. The van der Waals surface area contributed by atoms with Gasteiger partial charge in [0.2, 0.25) is 0 Å². The summed E-state index contributed by atoms with van der Waals surface area (Å²) in [5.41, 5.74) is 1.12. The van der Waals surface area contributed by atoms with Crippen molar-refractivity contribution in [2.75, 3.05) is 6.61 Å². The van der Waals surface area contributed by atoms with Gasteiger partial charge in [0.1, 0.15) is 5.76 Å². The van der Waals surface area contributed by atoms with Crippen LogP contribution in [0.5, 0.6) is 0 Å². The van der Waals surface area contributed by atoms with E-state index in [4.69, 9.17) is 4.42 Å². The molecular formula is C16H21NO2. The molecule has 19 heavy (non-hydrogen) atoms. The molecule has 1 heterocycles. The van der Waals surface area contributed by atoms with Crippen molar-refractivity contribution in [1.82, 2.24) is 5.32 Å². The van der Waals surface area contributed by atoms with Crippen LogP contribution in [0.3, 0.4) is 0 Å². The average molecular weight is 259 g/mol. The smallest absolute Gasteiger partial charge is 0.103 e. The molecule has 2 atom stereocenters. The quantitative estimate of drug-likeness (QED) is 0.803. The van der Waals surface area contributed by atoms with Gasteiger partial charge in [0.15, 0.2) is 0 Å². The Bertz CT molecular complexity index is 453. The van der Waals surface area contributed by atoms with E-state index in [0.29, 0.717) is 6.04 Å². The summed E-state index contributed by atoms with van der Waals surface area (Å²) in [6.45, 7) is 2.24. The second-order valence-corrected chi connectivity index (χ2v) is 4.83. The maximum atomic E-state index is 9.50. The molecule has 0 radical (unpaired) electrons. The molecule has 0 saturated heterocycles. The zero-order chi connectivity index (χ0) is 13.5. The highest BCUT2D eigenvalue weighted by Gasteiger charge is 2.13. The van der Waals surface area contributed by atoms with Gasteiger partial charge in [-0.2, -0.15) is 0 Å². The molecule has 3 heteroatoms. The van der Waals surface area contributed by atoms with Crippen molar-refractivity contribution in [2.45, 2.75) is 31.8 Å². The van der Waals surface area contributed by atoms with E-state index in [-0.39, 0.29) is 12.6 Å². The van der Waals surface area contributed by atoms with Crippen LogP contribution in [0.2, 0.25) is 0 Å². The van der Waals surface area contributed by atoms with Crippen LogP contribution in [0, 0.1) is 0 Å². The Kier molecular flexibility index (Phi) is 5.19. The first kappa shape index (κ1) is 13.8. The van der Waals surface area contributed by atoms with Crippen LogP contribution in [-0.2, 0) is 6.42 Å². The minimum atomic E-state index is -0.00667. The summed E-state index contributed by atoms with van der Waals surface area (Å²) in [4.78, 5) is 0. The first-order valence-corrected chi connectivity index (χ1v) is 6.74. The second-order valence-electron chi connectivity index (χ2n) is 4.83. The fraction of sp³-hybridized carbons (Fsp3) is 0.375. The monoisotopic (exact) mass is 259 g/mol. The molecular weight excluding hydrogens is 238 g/mol. The van der Waals surface area contributed by atoms with E-state index in [0.717, 1.165) is 24.2 Å². The lowest BCUT2D eigenvalue weighted by molar-refractivity contribution is 0.232. The van der Waals surface area contributed by atoms with Crippen molar-refractivity contribution < 1.29 is 9.52 Å². The van der Waals surface area contributed by atoms with E-state index < -0.39 is 0 Å². The first-order valence-electron chi connectivity index (χ1n) is 6.74. The molecule has 2 aromatic rings. The Morgan fingerprint density at radius 1 is 1.16 bits per heavy atom. The van der Waals surface area contributed by atoms with E-state index in [1.54, 1.807) is 6.26 Å². The number of aliphatic hydroxyl groups is 1. The van der Waals surface area contributed by atoms with Crippen molar-refractivity contribution in [3.63, 3.8) is 0 Å². The highest BCUT2D eigenvalue weighted by atomic mass is 16.3. The normalized spacial score (nSPS) is 14.2. The molecule has 2 unspecified atom stereocenters. The van der Waals surface area contributed by atoms with E-state index in [1.165, 1.54) is 0 Å². The van der Waals surface area contributed by atoms with Crippen molar-refractivity contribution >= 4 is 0 Å². The Morgan fingerprint density at radius 3 is 2.58 bits per heavy atom. The molecule has 1 aromatic heterocycles. The number of rotatable bonds is 7. The summed E-state index contributed by atoms with van der Waals surface area (Å²) in [7, 11) is 0. The minimum Gasteiger partial charge on any atom is -0.469 e. The summed E-state index contributed by atoms with van der Waals surface area (Å²) >= 11 is 0. The van der Waals surface area contributed by atoms with E-state index in [1.807, 2.05) is 42.5 Å². The van der Waals surface area contributed by atoms with E-state index in [2.05, 4.69) is 12.2 Å². The Labute approximate surface area is 114 Å². The highest BCUT2D eigenvalue weighted by Crippen LogP contribution is 2.14. The van der Waals surface area contributed by atoms with Crippen LogP contribution in [0.15, 0.2) is 53.1 Å². The molecule has 0 saturated carbocycles. The molecule has 0 amide bonds. The largest absolute Gasteiger partial charge is 0.469 e. The predicted octanol–water partition coefficient (Wildman–Crippen LogP) is 2.92. The molecule has 0 bridgehead atoms. The van der Waals surface area contributed by atoms with Gasteiger partial charge >= 0.3 is 0 Å². The van der Waals surface area contributed by atoms with Gasteiger partial charge in [-0.1, -0.05) is 30.3 Å². The molecule has 0 aliphatic heterocycles. The SMILES string of the molecule is CC(CCc1ccco1)NC(CO)c1ccccc1. The van der Waals surface area contributed by atoms with Crippen molar-refractivity contribution in [2.24, 2.45) is 0 Å². The number of hydrogen-bond acceptors (Lipinski definition) is 3. The van der Waals surface area contributed by atoms with Gasteiger partial charge in [0.25, 0.3) is 0 Å². The van der Waals surface area contributed by atoms with Crippen LogP contribution in [0.4, 0.5) is 0 Å². The highest BCUT2D eigenvalue weighted by molar-refractivity contribution is 5.19. The number of aliphatic hydroxyl groups excluding tert-OH is 1. The molecule has 1 aromatic carbocycles. The molecule has 0 aliphatic rings. The van der Waals surface area contributed by atoms with Gasteiger partial charge in [-0.15, -0.1) is 0 Å². The van der Waals surface area contributed by atoms with Crippen LogP contribution in [0.1, 0.15) is 30.7 Å². The molecule has 0 spiro atoms. The maximum absolute atomic E-state index is 9.50. The lowest BCUT2D eigenvalue weighted by atomic mass is 10.1. The summed E-state index contributed by atoms with van der Waals surface area (Å²) in [6.07, 6.45) is 3.60. The van der Waals surface area contributed by atoms with Crippen molar-refractivity contribution in [3.8, 4) is 0 Å². The second kappa shape index (κ2) is 7.12. The van der Waals surface area contributed by atoms with Gasteiger partial charge in [-0.3, -0.25) is 0 Å². The molecule has 2 N–H and O–H groups in total.